The van der Waals surface area contributed by atoms with E-state index in [1.807, 2.05) is 48.5 Å². The van der Waals surface area contributed by atoms with Crippen LogP contribution in [0.2, 0.25) is 0 Å². The molecular weight excluding hydrogens is 952 g/mol. The maximum atomic E-state index is 13.2. The van der Waals surface area contributed by atoms with E-state index in [4.69, 9.17) is 0 Å². The summed E-state index contributed by atoms with van der Waals surface area (Å²) in [4.78, 5) is 4.60. The van der Waals surface area contributed by atoms with E-state index >= 15 is 0 Å². The van der Waals surface area contributed by atoms with Gasteiger partial charge in [0, 0.05) is 62.7 Å². The van der Waals surface area contributed by atoms with Crippen molar-refractivity contribution in [2.75, 3.05) is 49.1 Å². The van der Waals surface area contributed by atoms with Gasteiger partial charge in [-0.2, -0.15) is 8.61 Å². The topological polar surface area (TPSA) is 122 Å². The van der Waals surface area contributed by atoms with Crippen molar-refractivity contribution in [1.29, 1.82) is 0 Å². The van der Waals surface area contributed by atoms with Crippen LogP contribution in [0.3, 0.4) is 0 Å². The van der Waals surface area contributed by atoms with E-state index in [2.05, 4.69) is 72.2 Å². The van der Waals surface area contributed by atoms with Crippen molar-refractivity contribution in [1.82, 2.24) is 8.61 Å². The van der Waals surface area contributed by atoms with Crippen LogP contribution in [0.4, 0.5) is 11.4 Å². The maximum Gasteiger partial charge on any atom is 0.252 e. The molecule has 0 aliphatic carbocycles. The largest absolute Gasteiger partial charge is 0.386 e. The van der Waals surface area contributed by atoms with Gasteiger partial charge in [-0.05, 0) is 124 Å². The van der Waals surface area contributed by atoms with Gasteiger partial charge in [-0.1, -0.05) is 96.1 Å². The van der Waals surface area contributed by atoms with Crippen molar-refractivity contribution in [2.24, 2.45) is 0 Å². The van der Waals surface area contributed by atoms with Crippen molar-refractivity contribution in [3.05, 3.63) is 165 Å². The fourth-order valence-electron chi connectivity index (χ4n) is 8.31. The first-order valence-corrected chi connectivity index (χ1v) is 26.3. The number of anilines is 2. The number of aliphatic hydroxyl groups is 2. The van der Waals surface area contributed by atoms with Crippen LogP contribution < -0.4 is 9.80 Å². The van der Waals surface area contributed by atoms with Gasteiger partial charge < -0.3 is 20.0 Å². The van der Waals surface area contributed by atoms with Gasteiger partial charge in [-0.3, -0.25) is 0 Å². The number of thiophene rings is 2. The number of halogens is 2. The Hall–Kier alpha value is -3.80. The Balaban J connectivity index is 0.000000240. The van der Waals surface area contributed by atoms with E-state index < -0.39 is 31.2 Å². The molecule has 2 saturated heterocycles. The van der Waals surface area contributed by atoms with Crippen LogP contribution in [0.1, 0.15) is 61.1 Å². The molecule has 8 rings (SSSR count). The van der Waals surface area contributed by atoms with E-state index in [1.54, 1.807) is 71.3 Å². The number of hydrogen-bond acceptors (Lipinski definition) is 10. The van der Waals surface area contributed by atoms with Crippen LogP contribution in [0.15, 0.2) is 141 Å². The molecule has 0 amide bonds. The van der Waals surface area contributed by atoms with Crippen molar-refractivity contribution < 1.29 is 27.0 Å². The number of aryl methyl sites for hydroxylation is 2. The molecule has 16 heteroatoms. The van der Waals surface area contributed by atoms with Crippen LogP contribution in [0, 0.1) is 13.8 Å². The molecule has 2 aromatic heterocycles. The minimum absolute atomic E-state index is 0. The first kappa shape index (κ1) is 53.2. The molecule has 4 heterocycles. The molecule has 2 atom stereocenters. The van der Waals surface area contributed by atoms with E-state index in [9.17, 15) is 27.0 Å². The molecule has 4 aromatic carbocycles. The average Bonchev–Trinajstić information content (AvgIpc) is 4.03. The summed E-state index contributed by atoms with van der Waals surface area (Å²) in [6.45, 7) is 14.2. The van der Waals surface area contributed by atoms with Gasteiger partial charge in [-0.15, -0.1) is 47.5 Å². The fourth-order valence-corrected chi connectivity index (χ4v) is 13.5. The number of piperazine rings is 2. The zero-order valence-corrected chi connectivity index (χ0v) is 43.2. The SMILES string of the molecule is Cc1ccc(C[C@@H]2CN(S(=O)(=O)c3cccs3)CCN2c2ccc(C(C)(C)O)cc2)cc1.Cc1ccc(C[C@H]2CN(S(=O)(=O)c3cccs3)CCN2c2ccc(C(C)(C)O)cc2)cc1.Cl.Cl. The standard InChI is InChI=1S/2C25H30N2O3S2.2ClH/c2*1-19-6-8-20(9-7-19)17-23-18-26(32(29,30)24-5-4-16-31-24)14-15-27(23)22-12-10-21(11-13-22)25(2,3)28;;/h2*4-13,16,23,28H,14-15,17-18H2,1-3H3;2*1H/t2*23-;;/m10../s1. The van der Waals surface area contributed by atoms with Gasteiger partial charge in [0.25, 0.3) is 20.0 Å². The molecular formula is C50H62Cl2N4O6S4. The molecule has 2 N–H and O–H groups in total. The van der Waals surface area contributed by atoms with Gasteiger partial charge in [0.15, 0.2) is 0 Å². The zero-order valence-electron chi connectivity index (χ0n) is 38.3. The number of sulfonamides is 2. The van der Waals surface area contributed by atoms with Gasteiger partial charge in [-0.25, -0.2) is 16.8 Å². The van der Waals surface area contributed by atoms with E-state index in [-0.39, 0.29) is 36.9 Å². The third-order valence-electron chi connectivity index (χ3n) is 12.1. The highest BCUT2D eigenvalue weighted by molar-refractivity contribution is 7.91. The molecule has 66 heavy (non-hydrogen) atoms. The first-order chi connectivity index (χ1) is 30.3. The highest BCUT2D eigenvalue weighted by Gasteiger charge is 2.37. The predicted molar refractivity (Wildman–Crippen MR) is 276 cm³/mol. The second kappa shape index (κ2) is 22.1. The van der Waals surface area contributed by atoms with Crippen LogP contribution in [0.25, 0.3) is 0 Å². The van der Waals surface area contributed by atoms with E-state index in [1.165, 1.54) is 44.9 Å². The van der Waals surface area contributed by atoms with Gasteiger partial charge in [0.2, 0.25) is 0 Å². The monoisotopic (exact) mass is 1010 g/mol. The van der Waals surface area contributed by atoms with E-state index in [0.717, 1.165) is 35.3 Å². The van der Waals surface area contributed by atoms with Gasteiger partial charge >= 0.3 is 0 Å². The van der Waals surface area contributed by atoms with E-state index in [0.29, 0.717) is 47.7 Å². The highest BCUT2D eigenvalue weighted by Crippen LogP contribution is 2.32. The molecule has 2 aliphatic rings. The number of nitrogens with zero attached hydrogens (tertiary/aromatic N) is 4. The second-order valence-corrected chi connectivity index (χ2v) is 24.1. The third-order valence-corrected chi connectivity index (χ3v) is 18.5. The summed E-state index contributed by atoms with van der Waals surface area (Å²) in [5.41, 5.74) is 6.80. The predicted octanol–water partition coefficient (Wildman–Crippen LogP) is 9.66. The molecule has 0 saturated carbocycles. The lowest BCUT2D eigenvalue weighted by molar-refractivity contribution is 0.0780. The summed E-state index contributed by atoms with van der Waals surface area (Å²) in [5, 5.41) is 24.2. The molecule has 0 unspecified atom stereocenters. The zero-order chi connectivity index (χ0) is 45.9. The maximum absolute atomic E-state index is 13.2. The number of rotatable bonds is 12. The first-order valence-electron chi connectivity index (χ1n) is 21.7. The Morgan fingerprint density at radius 3 is 1.14 bits per heavy atom. The number of benzene rings is 4. The number of hydrogen-bond donors (Lipinski definition) is 2. The molecule has 2 aliphatic heterocycles. The third kappa shape index (κ3) is 12.8. The lowest BCUT2D eigenvalue weighted by Crippen LogP contribution is -2.55. The minimum atomic E-state index is -3.49. The Bertz CT molecular complexity index is 2470. The molecule has 0 radical (unpaired) electrons. The average molecular weight is 1010 g/mol. The summed E-state index contributed by atoms with van der Waals surface area (Å²) in [6, 6.07) is 39.7. The summed E-state index contributed by atoms with van der Waals surface area (Å²) < 4.78 is 56.8. The molecule has 0 spiro atoms. The van der Waals surface area contributed by atoms with Crippen molar-refractivity contribution in [3.8, 4) is 0 Å². The Morgan fingerprint density at radius 2 is 0.848 bits per heavy atom. The minimum Gasteiger partial charge on any atom is -0.386 e. The highest BCUT2D eigenvalue weighted by atomic mass is 35.5. The normalized spacial score (nSPS) is 17.6. The van der Waals surface area contributed by atoms with Crippen molar-refractivity contribution in [3.63, 3.8) is 0 Å². The molecule has 356 valence electrons. The second-order valence-electron chi connectivity index (χ2n) is 17.9. The summed E-state index contributed by atoms with van der Waals surface area (Å²) >= 11 is 2.53. The van der Waals surface area contributed by atoms with Gasteiger partial charge in [0.1, 0.15) is 8.42 Å². The Kier molecular flexibility index (Phi) is 17.8. The summed E-state index contributed by atoms with van der Waals surface area (Å²) in [7, 11) is -6.98. The molecule has 2 fully saturated rings. The molecule has 10 nitrogen and oxygen atoms in total. The Labute approximate surface area is 412 Å². The lowest BCUT2D eigenvalue weighted by atomic mass is 9.97. The quantitative estimate of drug-likeness (QED) is 0.124. The lowest BCUT2D eigenvalue weighted by Gasteiger charge is -2.42. The summed E-state index contributed by atoms with van der Waals surface area (Å²) in [5.74, 6) is 0. The van der Waals surface area contributed by atoms with Crippen LogP contribution in [0.5, 0.6) is 0 Å². The molecule has 0 bridgehead atoms. The Morgan fingerprint density at radius 1 is 0.515 bits per heavy atom. The summed E-state index contributed by atoms with van der Waals surface area (Å²) in [6.07, 6.45) is 1.51. The van der Waals surface area contributed by atoms with Crippen LogP contribution >= 0.6 is 47.5 Å². The van der Waals surface area contributed by atoms with Crippen molar-refractivity contribution >= 4 is 78.9 Å². The van der Waals surface area contributed by atoms with Crippen molar-refractivity contribution in [2.45, 2.75) is 86.1 Å². The van der Waals surface area contributed by atoms with Crippen LogP contribution in [-0.2, 0) is 44.1 Å². The smallest absolute Gasteiger partial charge is 0.252 e. The van der Waals surface area contributed by atoms with Crippen LogP contribution in [-0.4, -0.2) is 87.0 Å². The van der Waals surface area contributed by atoms with Gasteiger partial charge in [0.05, 0.1) is 11.2 Å². The molecule has 6 aromatic rings. The fraction of sp³-hybridized carbons (Fsp3) is 0.360.